The van der Waals surface area contributed by atoms with Gasteiger partial charge in [0.05, 0.1) is 13.7 Å². The van der Waals surface area contributed by atoms with Crippen molar-refractivity contribution in [1.29, 1.82) is 0 Å². The number of furan rings is 1. The van der Waals surface area contributed by atoms with Gasteiger partial charge in [0.25, 0.3) is 5.91 Å². The second kappa shape index (κ2) is 5.66. The predicted octanol–water partition coefficient (Wildman–Crippen LogP) is 1.56. The molecule has 20 heavy (non-hydrogen) atoms. The summed E-state index contributed by atoms with van der Waals surface area (Å²) >= 11 is 0. The summed E-state index contributed by atoms with van der Waals surface area (Å²) in [5.74, 6) is 0.376. The van der Waals surface area contributed by atoms with Crippen LogP contribution in [0.25, 0.3) is 0 Å². The summed E-state index contributed by atoms with van der Waals surface area (Å²) in [5, 5.41) is 2.77. The first-order chi connectivity index (χ1) is 9.46. The highest BCUT2D eigenvalue weighted by Crippen LogP contribution is 2.25. The SMILES string of the molecule is COC(=O)c1cc(CNC(=O)C2(C)CCCO2)oc1C. The van der Waals surface area contributed by atoms with E-state index in [1.807, 2.05) is 0 Å². The Morgan fingerprint density at radius 3 is 2.85 bits per heavy atom. The number of carbonyl (C=O) groups excluding carboxylic acids is 2. The number of amides is 1. The highest BCUT2D eigenvalue weighted by molar-refractivity contribution is 5.90. The number of hydrogen-bond acceptors (Lipinski definition) is 5. The lowest BCUT2D eigenvalue weighted by atomic mass is 10.0. The van der Waals surface area contributed by atoms with Gasteiger partial charge in [-0.1, -0.05) is 0 Å². The van der Waals surface area contributed by atoms with Gasteiger partial charge in [0.15, 0.2) is 0 Å². The molecule has 1 fully saturated rings. The minimum atomic E-state index is -0.757. The van der Waals surface area contributed by atoms with E-state index in [-0.39, 0.29) is 12.5 Å². The smallest absolute Gasteiger partial charge is 0.341 e. The van der Waals surface area contributed by atoms with E-state index in [1.165, 1.54) is 7.11 Å². The fraction of sp³-hybridized carbons (Fsp3) is 0.571. The van der Waals surface area contributed by atoms with Gasteiger partial charge in [-0.25, -0.2) is 4.79 Å². The molecule has 1 N–H and O–H groups in total. The largest absolute Gasteiger partial charge is 0.465 e. The van der Waals surface area contributed by atoms with Crippen molar-refractivity contribution < 1.29 is 23.5 Å². The van der Waals surface area contributed by atoms with Crippen molar-refractivity contribution >= 4 is 11.9 Å². The summed E-state index contributed by atoms with van der Waals surface area (Å²) < 4.78 is 15.5. The molecule has 0 bridgehead atoms. The van der Waals surface area contributed by atoms with Crippen molar-refractivity contribution in [2.75, 3.05) is 13.7 Å². The Balaban J connectivity index is 1.97. The molecule has 1 atom stereocenters. The van der Waals surface area contributed by atoms with Crippen LogP contribution in [0.2, 0.25) is 0 Å². The number of nitrogens with one attached hydrogen (secondary N) is 1. The van der Waals surface area contributed by atoms with Crippen LogP contribution < -0.4 is 5.32 Å². The summed E-state index contributed by atoms with van der Waals surface area (Å²) in [7, 11) is 1.31. The Morgan fingerprint density at radius 1 is 1.50 bits per heavy atom. The van der Waals surface area contributed by atoms with Crippen molar-refractivity contribution in [3.8, 4) is 0 Å². The Bertz CT molecular complexity index is 514. The first-order valence-electron chi connectivity index (χ1n) is 6.56. The number of aryl methyl sites for hydroxylation is 1. The third-order valence-electron chi connectivity index (χ3n) is 3.50. The van der Waals surface area contributed by atoms with E-state index in [9.17, 15) is 9.59 Å². The molecule has 1 amide bonds. The zero-order valence-electron chi connectivity index (χ0n) is 11.9. The third-order valence-corrected chi connectivity index (χ3v) is 3.50. The van der Waals surface area contributed by atoms with E-state index in [4.69, 9.17) is 9.15 Å². The number of rotatable bonds is 4. The molecule has 1 saturated heterocycles. The lowest BCUT2D eigenvalue weighted by Gasteiger charge is -2.21. The van der Waals surface area contributed by atoms with Gasteiger partial charge in [-0.05, 0) is 32.8 Å². The Hall–Kier alpha value is -1.82. The average Bonchev–Trinajstić information content (AvgIpc) is 3.02. The van der Waals surface area contributed by atoms with Crippen molar-refractivity contribution in [2.45, 2.75) is 38.8 Å². The summed E-state index contributed by atoms with van der Waals surface area (Å²) in [6, 6.07) is 1.58. The van der Waals surface area contributed by atoms with Crippen LogP contribution >= 0.6 is 0 Å². The maximum Gasteiger partial charge on any atom is 0.341 e. The van der Waals surface area contributed by atoms with E-state index >= 15 is 0 Å². The minimum Gasteiger partial charge on any atom is -0.465 e. The van der Waals surface area contributed by atoms with Crippen LogP contribution in [-0.4, -0.2) is 31.2 Å². The van der Waals surface area contributed by atoms with Gasteiger partial charge in [0.1, 0.15) is 22.7 Å². The second-order valence-corrected chi connectivity index (χ2v) is 5.04. The zero-order chi connectivity index (χ0) is 14.8. The normalized spacial score (nSPS) is 21.8. The number of ether oxygens (including phenoxy) is 2. The lowest BCUT2D eigenvalue weighted by Crippen LogP contribution is -2.43. The molecule has 6 nitrogen and oxygen atoms in total. The van der Waals surface area contributed by atoms with Gasteiger partial charge in [-0.3, -0.25) is 4.79 Å². The molecule has 1 aromatic rings. The average molecular weight is 281 g/mol. The molecule has 2 heterocycles. The Labute approximate surface area is 117 Å². The minimum absolute atomic E-state index is 0.163. The fourth-order valence-corrected chi connectivity index (χ4v) is 2.26. The molecular formula is C14H19NO5. The number of esters is 1. The zero-order valence-corrected chi connectivity index (χ0v) is 11.9. The van der Waals surface area contributed by atoms with Gasteiger partial charge >= 0.3 is 5.97 Å². The molecule has 1 unspecified atom stereocenters. The highest BCUT2D eigenvalue weighted by atomic mass is 16.5. The third kappa shape index (κ3) is 2.85. The van der Waals surface area contributed by atoms with E-state index in [0.29, 0.717) is 30.1 Å². The van der Waals surface area contributed by atoms with Gasteiger partial charge in [-0.2, -0.15) is 0 Å². The second-order valence-electron chi connectivity index (χ2n) is 5.04. The van der Waals surface area contributed by atoms with Crippen LogP contribution in [0.1, 0.15) is 41.6 Å². The number of hydrogen-bond donors (Lipinski definition) is 1. The van der Waals surface area contributed by atoms with Gasteiger partial charge in [-0.15, -0.1) is 0 Å². The lowest BCUT2D eigenvalue weighted by molar-refractivity contribution is -0.139. The van der Waals surface area contributed by atoms with E-state index in [1.54, 1.807) is 19.9 Å². The summed E-state index contributed by atoms with van der Waals surface area (Å²) in [6.07, 6.45) is 1.60. The van der Waals surface area contributed by atoms with Gasteiger partial charge < -0.3 is 19.2 Å². The molecule has 0 saturated carbocycles. The number of carbonyl (C=O) groups is 2. The van der Waals surface area contributed by atoms with Crippen molar-refractivity contribution in [3.05, 3.63) is 23.2 Å². The topological polar surface area (TPSA) is 77.8 Å². The maximum absolute atomic E-state index is 12.1. The number of methoxy groups -OCH3 is 1. The van der Waals surface area contributed by atoms with Crippen LogP contribution in [0.15, 0.2) is 10.5 Å². The molecule has 0 aromatic carbocycles. The van der Waals surface area contributed by atoms with E-state index < -0.39 is 11.6 Å². The van der Waals surface area contributed by atoms with Crippen LogP contribution in [0.3, 0.4) is 0 Å². The molecule has 1 aliphatic heterocycles. The standard InChI is InChI=1S/C14H19NO5/c1-9-11(12(16)18-3)7-10(20-9)8-15-13(17)14(2)5-4-6-19-14/h7H,4-6,8H2,1-3H3,(H,15,17). The Morgan fingerprint density at radius 2 is 2.25 bits per heavy atom. The monoisotopic (exact) mass is 281 g/mol. The van der Waals surface area contributed by atoms with Crippen molar-refractivity contribution in [3.63, 3.8) is 0 Å². The van der Waals surface area contributed by atoms with Crippen LogP contribution in [-0.2, 0) is 20.8 Å². The first-order valence-corrected chi connectivity index (χ1v) is 6.56. The van der Waals surface area contributed by atoms with Crippen LogP contribution in [0.5, 0.6) is 0 Å². The summed E-state index contributed by atoms with van der Waals surface area (Å²) in [5.41, 5.74) is -0.382. The van der Waals surface area contributed by atoms with E-state index in [0.717, 1.165) is 6.42 Å². The molecule has 0 aliphatic carbocycles. The molecular weight excluding hydrogens is 262 g/mol. The molecule has 0 radical (unpaired) electrons. The van der Waals surface area contributed by atoms with Crippen molar-refractivity contribution in [1.82, 2.24) is 5.32 Å². The van der Waals surface area contributed by atoms with Crippen LogP contribution in [0.4, 0.5) is 0 Å². The maximum atomic E-state index is 12.1. The predicted molar refractivity (Wildman–Crippen MR) is 70.2 cm³/mol. The quantitative estimate of drug-likeness (QED) is 0.847. The van der Waals surface area contributed by atoms with E-state index in [2.05, 4.69) is 10.1 Å². The first kappa shape index (κ1) is 14.6. The van der Waals surface area contributed by atoms with Gasteiger partial charge in [0.2, 0.25) is 0 Å². The fourth-order valence-electron chi connectivity index (χ4n) is 2.26. The summed E-state index contributed by atoms with van der Waals surface area (Å²) in [4.78, 5) is 23.5. The van der Waals surface area contributed by atoms with Gasteiger partial charge in [0, 0.05) is 6.61 Å². The van der Waals surface area contributed by atoms with Crippen LogP contribution in [0, 0.1) is 6.92 Å². The highest BCUT2D eigenvalue weighted by Gasteiger charge is 2.37. The van der Waals surface area contributed by atoms with Crippen molar-refractivity contribution in [2.24, 2.45) is 0 Å². The molecule has 2 rings (SSSR count). The Kier molecular flexibility index (Phi) is 4.13. The molecule has 110 valence electrons. The molecule has 1 aliphatic rings. The molecule has 6 heteroatoms. The summed E-state index contributed by atoms with van der Waals surface area (Å²) in [6.45, 7) is 4.29. The molecule has 1 aromatic heterocycles. The molecule has 0 spiro atoms.